The fraction of sp³-hybridized carbons (Fsp3) is 0.636. The largest absolute Gasteiger partial charge is 0.503 e. The highest BCUT2D eigenvalue weighted by Crippen LogP contribution is 2.56. The van der Waals surface area contributed by atoms with E-state index in [-0.39, 0.29) is 17.6 Å². The summed E-state index contributed by atoms with van der Waals surface area (Å²) in [5.41, 5.74) is 0.660. The third-order valence-electron chi connectivity index (χ3n) is 4.18. The van der Waals surface area contributed by atoms with Crippen LogP contribution in [0, 0.1) is 5.92 Å². The third-order valence-corrected chi connectivity index (χ3v) is 4.97. The second-order valence-corrected chi connectivity index (χ2v) is 6.58. The van der Waals surface area contributed by atoms with Gasteiger partial charge in [-0.15, -0.1) is 0 Å². The number of hydrogen-bond donors (Lipinski definition) is 2. The van der Waals surface area contributed by atoms with Crippen molar-refractivity contribution in [3.8, 4) is 5.75 Å². The molecule has 5 nitrogen and oxygen atoms in total. The van der Waals surface area contributed by atoms with E-state index >= 15 is 0 Å². The lowest BCUT2D eigenvalue weighted by Gasteiger charge is -2.24. The van der Waals surface area contributed by atoms with Crippen molar-refractivity contribution in [2.75, 3.05) is 0 Å². The van der Waals surface area contributed by atoms with Gasteiger partial charge >= 0.3 is 0 Å². The number of nitrogens with two attached hydrogens (primary N) is 1. The molecule has 6 heteroatoms. The highest BCUT2D eigenvalue weighted by molar-refractivity contribution is 7.89. The highest BCUT2D eigenvalue weighted by atomic mass is 32.2. The Balaban J connectivity index is 2.23. The molecule has 0 spiro atoms. The van der Waals surface area contributed by atoms with Gasteiger partial charge in [0.15, 0.2) is 5.75 Å². The van der Waals surface area contributed by atoms with Crippen LogP contribution in [0.4, 0.5) is 0 Å². The number of fused-ring (bicyclic) bond motifs is 4. The summed E-state index contributed by atoms with van der Waals surface area (Å²) in [6.07, 6.45) is 3.13. The molecule has 1 saturated carbocycles. The molecule has 0 saturated heterocycles. The van der Waals surface area contributed by atoms with Crippen LogP contribution in [-0.2, 0) is 10.0 Å². The summed E-state index contributed by atoms with van der Waals surface area (Å²) in [5.74, 6) is 1.26. The molecule has 1 fully saturated rings. The van der Waals surface area contributed by atoms with Crippen molar-refractivity contribution in [1.82, 2.24) is 0 Å². The zero-order chi connectivity index (χ0) is 12.4. The number of aromatic hydroxyl groups is 1. The van der Waals surface area contributed by atoms with E-state index in [4.69, 9.17) is 9.56 Å². The van der Waals surface area contributed by atoms with Gasteiger partial charge in [-0.3, -0.25) is 0 Å². The van der Waals surface area contributed by atoms with Gasteiger partial charge in [-0.1, -0.05) is 6.92 Å². The third kappa shape index (κ3) is 1.43. The predicted molar refractivity (Wildman–Crippen MR) is 60.2 cm³/mol. The van der Waals surface area contributed by atoms with Gasteiger partial charge < -0.3 is 9.52 Å². The van der Waals surface area contributed by atoms with Crippen molar-refractivity contribution < 1.29 is 17.9 Å². The molecule has 3 N–H and O–H groups in total. The van der Waals surface area contributed by atoms with E-state index in [1.165, 1.54) is 0 Å². The number of sulfonamides is 1. The summed E-state index contributed by atoms with van der Waals surface area (Å²) in [7, 11) is -3.98. The van der Waals surface area contributed by atoms with Gasteiger partial charge in [0.05, 0.1) is 0 Å². The number of rotatable bonds is 1. The summed E-state index contributed by atoms with van der Waals surface area (Å²) in [6.45, 7) is 2.01. The molecule has 17 heavy (non-hydrogen) atoms. The van der Waals surface area contributed by atoms with E-state index in [0.717, 1.165) is 19.3 Å². The molecule has 2 bridgehead atoms. The number of primary sulfonamides is 1. The van der Waals surface area contributed by atoms with Crippen molar-refractivity contribution in [3.63, 3.8) is 0 Å². The maximum atomic E-state index is 11.3. The van der Waals surface area contributed by atoms with Crippen LogP contribution in [0.15, 0.2) is 9.51 Å². The molecule has 94 valence electrons. The van der Waals surface area contributed by atoms with Crippen LogP contribution >= 0.6 is 0 Å². The van der Waals surface area contributed by atoms with Crippen molar-refractivity contribution in [2.45, 2.75) is 43.1 Å². The van der Waals surface area contributed by atoms with Gasteiger partial charge in [0.1, 0.15) is 5.76 Å². The molecule has 0 aromatic carbocycles. The molecule has 1 heterocycles. The first-order chi connectivity index (χ1) is 7.89. The Morgan fingerprint density at radius 2 is 2.12 bits per heavy atom. The maximum Gasteiger partial charge on any atom is 0.275 e. The van der Waals surface area contributed by atoms with E-state index in [1.807, 2.05) is 6.92 Å². The van der Waals surface area contributed by atoms with Crippen LogP contribution in [0.3, 0.4) is 0 Å². The first-order valence-corrected chi connectivity index (χ1v) is 7.32. The smallest absolute Gasteiger partial charge is 0.275 e. The molecular weight excluding hydrogens is 242 g/mol. The van der Waals surface area contributed by atoms with Crippen molar-refractivity contribution in [2.24, 2.45) is 11.1 Å². The fourth-order valence-corrected chi connectivity index (χ4v) is 3.90. The van der Waals surface area contributed by atoms with Crippen LogP contribution in [0.5, 0.6) is 5.75 Å². The minimum atomic E-state index is -3.98. The Bertz CT molecular complexity index is 575. The maximum absolute atomic E-state index is 11.3. The van der Waals surface area contributed by atoms with E-state index < -0.39 is 15.1 Å². The second kappa shape index (κ2) is 3.26. The second-order valence-electron chi connectivity index (χ2n) is 5.12. The van der Waals surface area contributed by atoms with Crippen molar-refractivity contribution in [3.05, 3.63) is 11.3 Å². The molecule has 1 aromatic heterocycles. The Labute approximate surface area is 99.7 Å². The average Bonchev–Trinajstić information content (AvgIpc) is 2.77. The Morgan fingerprint density at radius 3 is 2.76 bits per heavy atom. The summed E-state index contributed by atoms with van der Waals surface area (Å²) in [4.78, 5) is 0. The normalized spacial score (nSPS) is 31.5. The molecule has 2 aliphatic rings. The molecule has 1 aromatic rings. The summed E-state index contributed by atoms with van der Waals surface area (Å²) in [5, 5.41) is 14.6. The van der Waals surface area contributed by atoms with Crippen LogP contribution in [0.25, 0.3) is 0 Å². The van der Waals surface area contributed by atoms with E-state index in [0.29, 0.717) is 17.2 Å². The highest BCUT2D eigenvalue weighted by Gasteiger charge is 2.44. The molecule has 0 radical (unpaired) electrons. The Morgan fingerprint density at radius 1 is 1.41 bits per heavy atom. The zero-order valence-corrected chi connectivity index (χ0v) is 10.3. The molecule has 3 atom stereocenters. The van der Waals surface area contributed by atoms with E-state index in [1.54, 1.807) is 0 Å². The van der Waals surface area contributed by atoms with Gasteiger partial charge in [0.25, 0.3) is 15.1 Å². The van der Waals surface area contributed by atoms with Crippen LogP contribution in [0.1, 0.15) is 49.3 Å². The lowest BCUT2D eigenvalue weighted by atomic mass is 9.79. The summed E-state index contributed by atoms with van der Waals surface area (Å²) in [6, 6.07) is 0. The zero-order valence-electron chi connectivity index (χ0n) is 9.51. The molecule has 2 aliphatic carbocycles. The van der Waals surface area contributed by atoms with Gasteiger partial charge in [0.2, 0.25) is 0 Å². The SMILES string of the molecule is CC1c2c(oc(S(N)(=O)=O)c2O)C2CCC1C2. The van der Waals surface area contributed by atoms with E-state index in [9.17, 15) is 13.5 Å². The number of hydrogen-bond acceptors (Lipinski definition) is 4. The molecule has 3 rings (SSSR count). The number of furan rings is 1. The minimum Gasteiger partial charge on any atom is -0.503 e. The predicted octanol–water partition coefficient (Wildman–Crippen LogP) is 1.63. The van der Waals surface area contributed by atoms with Crippen LogP contribution in [-0.4, -0.2) is 13.5 Å². The first kappa shape index (κ1) is 11.1. The average molecular weight is 257 g/mol. The Hall–Kier alpha value is -1.01. The standard InChI is InChI=1S/C11H15NO4S/c1-5-6-2-3-7(4-6)10-8(5)9(13)11(16-10)17(12,14)15/h5-7,13H,2-4H2,1H3,(H2,12,14,15). The first-order valence-electron chi connectivity index (χ1n) is 5.78. The molecule has 0 aliphatic heterocycles. The van der Waals surface area contributed by atoms with Gasteiger partial charge in [-0.05, 0) is 31.1 Å². The van der Waals surface area contributed by atoms with Crippen molar-refractivity contribution in [1.29, 1.82) is 0 Å². The van der Waals surface area contributed by atoms with Gasteiger partial charge in [0, 0.05) is 11.5 Å². The Kier molecular flexibility index (Phi) is 2.13. The summed E-state index contributed by atoms with van der Waals surface area (Å²) >= 11 is 0. The fourth-order valence-electron chi connectivity index (χ4n) is 3.31. The lowest BCUT2D eigenvalue weighted by Crippen LogP contribution is -2.13. The molecule has 0 amide bonds. The van der Waals surface area contributed by atoms with Gasteiger partial charge in [-0.2, -0.15) is 0 Å². The van der Waals surface area contributed by atoms with Gasteiger partial charge in [-0.25, -0.2) is 13.6 Å². The lowest BCUT2D eigenvalue weighted by molar-refractivity contribution is 0.349. The van der Waals surface area contributed by atoms with Crippen molar-refractivity contribution >= 4 is 10.0 Å². The monoisotopic (exact) mass is 257 g/mol. The summed E-state index contributed by atoms with van der Waals surface area (Å²) < 4.78 is 28.0. The van der Waals surface area contributed by atoms with Crippen LogP contribution < -0.4 is 5.14 Å². The molecule has 3 unspecified atom stereocenters. The molecular formula is C11H15NO4S. The minimum absolute atomic E-state index is 0.142. The van der Waals surface area contributed by atoms with Crippen LogP contribution in [0.2, 0.25) is 0 Å². The quantitative estimate of drug-likeness (QED) is 0.799. The van der Waals surface area contributed by atoms with E-state index in [2.05, 4.69) is 0 Å². The topological polar surface area (TPSA) is 93.5 Å².